The first-order chi connectivity index (χ1) is 14.9. The van der Waals surface area contributed by atoms with Gasteiger partial charge in [-0.25, -0.2) is 9.67 Å². The number of nitrogens with one attached hydrogen (secondary N) is 2. The number of carbonyl (C=O) groups excluding carboxylic acids is 1. The van der Waals surface area contributed by atoms with Gasteiger partial charge in [0.25, 0.3) is 5.56 Å². The minimum atomic E-state index is -0.325. The van der Waals surface area contributed by atoms with E-state index >= 15 is 0 Å². The van der Waals surface area contributed by atoms with Crippen molar-refractivity contribution in [2.24, 2.45) is 0 Å². The molecule has 2 aromatic carbocycles. The molecule has 0 fully saturated rings. The van der Waals surface area contributed by atoms with Crippen molar-refractivity contribution in [2.45, 2.75) is 18.1 Å². The third-order valence-corrected chi connectivity index (χ3v) is 5.88. The molecular weight excluding hydrogens is 457 g/mol. The van der Waals surface area contributed by atoms with Crippen LogP contribution in [0.3, 0.4) is 0 Å². The lowest BCUT2D eigenvalue weighted by Gasteiger charge is -2.14. The number of hydrogen-bond acceptors (Lipinski definition) is 5. The van der Waals surface area contributed by atoms with Crippen LogP contribution in [-0.4, -0.2) is 31.4 Å². The summed E-state index contributed by atoms with van der Waals surface area (Å²) in [6.45, 7) is 1.88. The van der Waals surface area contributed by atoms with Gasteiger partial charge >= 0.3 is 0 Å². The molecule has 31 heavy (non-hydrogen) atoms. The van der Waals surface area contributed by atoms with Crippen LogP contribution < -0.4 is 10.9 Å². The second-order valence-electron chi connectivity index (χ2n) is 6.78. The lowest BCUT2D eigenvalue weighted by Crippen LogP contribution is -2.28. The maximum absolute atomic E-state index is 12.4. The highest BCUT2D eigenvalue weighted by Gasteiger charge is 2.14. The molecule has 0 aliphatic rings. The highest BCUT2D eigenvalue weighted by atomic mass is 35.5. The van der Waals surface area contributed by atoms with Gasteiger partial charge in [0.15, 0.2) is 10.8 Å². The van der Waals surface area contributed by atoms with E-state index in [0.717, 1.165) is 17.3 Å². The van der Waals surface area contributed by atoms with E-state index in [4.69, 9.17) is 23.2 Å². The van der Waals surface area contributed by atoms with Crippen molar-refractivity contribution < 1.29 is 4.79 Å². The molecule has 7 nitrogen and oxygen atoms in total. The van der Waals surface area contributed by atoms with Crippen LogP contribution >= 0.6 is 35.0 Å². The quantitative estimate of drug-likeness (QED) is 0.320. The topological polar surface area (TPSA) is 92.7 Å². The summed E-state index contributed by atoms with van der Waals surface area (Å²) in [5.41, 5.74) is 1.66. The number of benzene rings is 2. The van der Waals surface area contributed by atoms with E-state index in [1.807, 2.05) is 31.2 Å². The van der Waals surface area contributed by atoms with Gasteiger partial charge in [-0.3, -0.25) is 9.59 Å². The number of carbonyl (C=O) groups is 1. The zero-order chi connectivity index (χ0) is 22.0. The normalized spacial score (nSPS) is 12.1. The molecule has 4 aromatic rings. The maximum atomic E-state index is 12.4. The molecule has 2 N–H and O–H groups in total. The Morgan fingerprint density at radius 2 is 1.94 bits per heavy atom. The molecule has 0 saturated heterocycles. The molecule has 0 bridgehead atoms. The highest BCUT2D eigenvalue weighted by Crippen LogP contribution is 2.21. The zero-order valence-electron chi connectivity index (χ0n) is 16.3. The number of aromatic nitrogens is 4. The lowest BCUT2D eigenvalue weighted by molar-refractivity contribution is -0.119. The van der Waals surface area contributed by atoms with Crippen LogP contribution in [0.2, 0.25) is 10.0 Å². The molecule has 0 spiro atoms. The van der Waals surface area contributed by atoms with Crippen LogP contribution in [0.5, 0.6) is 0 Å². The van der Waals surface area contributed by atoms with Gasteiger partial charge in [0.1, 0.15) is 5.39 Å². The van der Waals surface area contributed by atoms with Crippen molar-refractivity contribution in [3.8, 4) is 5.69 Å². The summed E-state index contributed by atoms with van der Waals surface area (Å²) in [6, 6.07) is 14.2. The molecule has 0 aliphatic heterocycles. The molecule has 2 aromatic heterocycles. The Balaban J connectivity index is 1.50. The fourth-order valence-electron chi connectivity index (χ4n) is 3.04. The number of nitrogens with zero attached hydrogens (tertiary/aromatic N) is 3. The smallest absolute Gasteiger partial charge is 0.262 e. The molecule has 1 amide bonds. The SMILES string of the molecule is CC(NC(=O)CSc1nc2c(cnn2-c2cccc(Cl)c2)c(=O)[nH]1)c1cccc(Cl)c1. The summed E-state index contributed by atoms with van der Waals surface area (Å²) in [5.74, 6) is -0.103. The number of fused-ring (bicyclic) bond motifs is 1. The summed E-state index contributed by atoms with van der Waals surface area (Å²) in [6.07, 6.45) is 1.45. The van der Waals surface area contributed by atoms with Crippen LogP contribution in [-0.2, 0) is 4.79 Å². The molecule has 0 saturated carbocycles. The van der Waals surface area contributed by atoms with Gasteiger partial charge < -0.3 is 10.3 Å². The number of aromatic amines is 1. The van der Waals surface area contributed by atoms with E-state index in [9.17, 15) is 9.59 Å². The monoisotopic (exact) mass is 473 g/mol. The van der Waals surface area contributed by atoms with Gasteiger partial charge in [0.2, 0.25) is 5.91 Å². The van der Waals surface area contributed by atoms with Crippen LogP contribution in [0.25, 0.3) is 16.7 Å². The molecule has 0 aliphatic carbocycles. The Labute approximate surface area is 191 Å². The summed E-state index contributed by atoms with van der Waals surface area (Å²) < 4.78 is 1.54. The first kappa shape index (κ1) is 21.4. The van der Waals surface area contributed by atoms with E-state index < -0.39 is 0 Å². The third kappa shape index (κ3) is 4.92. The Morgan fingerprint density at radius 1 is 1.19 bits per heavy atom. The van der Waals surface area contributed by atoms with E-state index in [1.165, 1.54) is 6.20 Å². The first-order valence-corrected chi connectivity index (χ1v) is 11.1. The molecule has 158 valence electrons. The number of halogens is 2. The van der Waals surface area contributed by atoms with E-state index in [-0.39, 0.29) is 23.3 Å². The summed E-state index contributed by atoms with van der Waals surface area (Å²) in [4.78, 5) is 32.0. The van der Waals surface area contributed by atoms with Gasteiger partial charge in [-0.1, -0.05) is 53.2 Å². The first-order valence-electron chi connectivity index (χ1n) is 9.32. The predicted molar refractivity (Wildman–Crippen MR) is 123 cm³/mol. The number of thioether (sulfide) groups is 1. The molecule has 4 rings (SSSR count). The molecule has 10 heteroatoms. The van der Waals surface area contributed by atoms with Crippen molar-refractivity contribution >= 4 is 51.9 Å². The van der Waals surface area contributed by atoms with Gasteiger partial charge in [-0.2, -0.15) is 5.10 Å². The van der Waals surface area contributed by atoms with E-state index in [1.54, 1.807) is 28.9 Å². The average molecular weight is 474 g/mol. The van der Waals surface area contributed by atoms with Crippen molar-refractivity contribution in [3.05, 3.63) is 80.7 Å². The van der Waals surface area contributed by atoms with Gasteiger partial charge in [-0.05, 0) is 42.8 Å². The maximum Gasteiger partial charge on any atom is 0.262 e. The average Bonchev–Trinajstić information content (AvgIpc) is 3.17. The Hall–Kier alpha value is -2.81. The van der Waals surface area contributed by atoms with Crippen LogP contribution in [0, 0.1) is 0 Å². The van der Waals surface area contributed by atoms with Crippen molar-refractivity contribution in [3.63, 3.8) is 0 Å². The van der Waals surface area contributed by atoms with Crippen molar-refractivity contribution in [1.29, 1.82) is 0 Å². The summed E-state index contributed by atoms with van der Waals surface area (Å²) in [7, 11) is 0. The van der Waals surface area contributed by atoms with Gasteiger partial charge in [0.05, 0.1) is 23.7 Å². The van der Waals surface area contributed by atoms with E-state index in [0.29, 0.717) is 31.9 Å². The van der Waals surface area contributed by atoms with Crippen LogP contribution in [0.15, 0.2) is 64.7 Å². The molecule has 1 atom stereocenters. The number of H-pyrrole nitrogens is 1. The third-order valence-electron chi connectivity index (χ3n) is 4.54. The van der Waals surface area contributed by atoms with Gasteiger partial charge in [-0.15, -0.1) is 0 Å². The van der Waals surface area contributed by atoms with Gasteiger partial charge in [0, 0.05) is 10.0 Å². The molecular formula is C21H17Cl2N5O2S. The highest BCUT2D eigenvalue weighted by molar-refractivity contribution is 7.99. The molecule has 2 heterocycles. The van der Waals surface area contributed by atoms with Crippen molar-refractivity contribution in [1.82, 2.24) is 25.1 Å². The minimum Gasteiger partial charge on any atom is -0.349 e. The standard InChI is InChI=1S/C21H17Cl2N5O2S/c1-12(13-4-2-5-14(22)8-13)25-18(29)11-31-21-26-19-17(20(30)27-21)10-24-28(19)16-7-3-6-15(23)9-16/h2-10,12H,11H2,1H3,(H,25,29)(H,26,27,30). The summed E-state index contributed by atoms with van der Waals surface area (Å²) >= 11 is 13.2. The zero-order valence-corrected chi connectivity index (χ0v) is 18.6. The Kier molecular flexibility index (Phi) is 6.31. The number of rotatable bonds is 6. The second kappa shape index (κ2) is 9.13. The number of amides is 1. The largest absolute Gasteiger partial charge is 0.349 e. The minimum absolute atomic E-state index is 0.0880. The van der Waals surface area contributed by atoms with E-state index in [2.05, 4.69) is 20.4 Å². The molecule has 0 radical (unpaired) electrons. The van der Waals surface area contributed by atoms with Crippen LogP contribution in [0.4, 0.5) is 0 Å². The van der Waals surface area contributed by atoms with Crippen molar-refractivity contribution in [2.75, 3.05) is 5.75 Å². The fourth-order valence-corrected chi connectivity index (χ4v) is 4.09. The fraction of sp³-hybridized carbons (Fsp3) is 0.143. The Bertz CT molecular complexity index is 1320. The van der Waals surface area contributed by atoms with Crippen LogP contribution in [0.1, 0.15) is 18.5 Å². The predicted octanol–water partition coefficient (Wildman–Crippen LogP) is 4.39. The molecule has 1 unspecified atom stereocenters. The second-order valence-corrected chi connectivity index (χ2v) is 8.61. The Morgan fingerprint density at radius 3 is 2.68 bits per heavy atom. The number of hydrogen-bond donors (Lipinski definition) is 2. The lowest BCUT2D eigenvalue weighted by atomic mass is 10.1. The summed E-state index contributed by atoms with van der Waals surface area (Å²) in [5, 5.41) is 9.01.